The summed E-state index contributed by atoms with van der Waals surface area (Å²) in [5.74, 6) is 0.309. The van der Waals surface area contributed by atoms with Gasteiger partial charge in [-0.15, -0.1) is 0 Å². The van der Waals surface area contributed by atoms with Crippen molar-refractivity contribution in [1.82, 2.24) is 9.80 Å². The lowest BCUT2D eigenvalue weighted by atomic mass is 9.85. The molecule has 0 aromatic heterocycles. The number of hydrogen-bond acceptors (Lipinski definition) is 3. The Morgan fingerprint density at radius 3 is 2.29 bits per heavy atom. The standard InChI is InChI=1S/C19H26N2O3/c1-14(2)16(15-7-5-4-6-8-15)17(22)21-11-9-19(10-12-21)13-20(3)18(23)24-19/h4-8,14,16H,9-13H2,1-3H3/t16-/m1/s1. The lowest BCUT2D eigenvalue weighted by Crippen LogP contribution is -2.50. The van der Waals surface area contributed by atoms with Gasteiger partial charge in [-0.1, -0.05) is 44.2 Å². The van der Waals surface area contributed by atoms with Gasteiger partial charge < -0.3 is 14.5 Å². The van der Waals surface area contributed by atoms with E-state index in [0.29, 0.717) is 32.5 Å². The van der Waals surface area contributed by atoms with Crippen molar-refractivity contribution in [2.75, 3.05) is 26.7 Å². The Labute approximate surface area is 143 Å². The first-order chi connectivity index (χ1) is 11.4. The Bertz CT molecular complexity index is 606. The van der Waals surface area contributed by atoms with E-state index in [0.717, 1.165) is 5.56 Å². The summed E-state index contributed by atoms with van der Waals surface area (Å²) in [6.07, 6.45) is 1.18. The third-order valence-electron chi connectivity index (χ3n) is 5.22. The minimum atomic E-state index is -0.400. The highest BCUT2D eigenvalue weighted by molar-refractivity contribution is 5.84. The van der Waals surface area contributed by atoms with Gasteiger partial charge >= 0.3 is 6.09 Å². The molecule has 1 spiro atoms. The summed E-state index contributed by atoms with van der Waals surface area (Å²) in [5, 5.41) is 0. The SMILES string of the molecule is CC(C)[C@@H](C(=O)N1CCC2(CC1)CN(C)C(=O)O2)c1ccccc1. The number of nitrogens with zero attached hydrogens (tertiary/aromatic N) is 2. The molecular weight excluding hydrogens is 304 g/mol. The lowest BCUT2D eigenvalue weighted by Gasteiger charge is -2.39. The molecule has 0 radical (unpaired) electrons. The van der Waals surface area contributed by atoms with Crippen LogP contribution in [0.15, 0.2) is 30.3 Å². The highest BCUT2D eigenvalue weighted by Crippen LogP contribution is 2.34. The fourth-order valence-electron chi connectivity index (χ4n) is 3.86. The number of likely N-dealkylation sites (tertiary alicyclic amines) is 1. The van der Waals surface area contributed by atoms with Gasteiger partial charge in [-0.25, -0.2) is 4.79 Å². The summed E-state index contributed by atoms with van der Waals surface area (Å²) in [7, 11) is 1.76. The summed E-state index contributed by atoms with van der Waals surface area (Å²) < 4.78 is 5.57. The van der Waals surface area contributed by atoms with Crippen molar-refractivity contribution in [1.29, 1.82) is 0 Å². The van der Waals surface area contributed by atoms with Crippen molar-refractivity contribution in [3.8, 4) is 0 Å². The van der Waals surface area contributed by atoms with Crippen LogP contribution in [-0.2, 0) is 9.53 Å². The number of piperidine rings is 1. The highest BCUT2D eigenvalue weighted by atomic mass is 16.6. The average Bonchev–Trinajstić information content (AvgIpc) is 2.82. The average molecular weight is 330 g/mol. The minimum absolute atomic E-state index is 0.117. The van der Waals surface area contributed by atoms with E-state index in [2.05, 4.69) is 13.8 Å². The van der Waals surface area contributed by atoms with E-state index in [4.69, 9.17) is 4.74 Å². The second-order valence-electron chi connectivity index (χ2n) is 7.36. The smallest absolute Gasteiger partial charge is 0.410 e. The van der Waals surface area contributed by atoms with E-state index in [9.17, 15) is 9.59 Å². The van der Waals surface area contributed by atoms with Gasteiger partial charge in [0.2, 0.25) is 5.91 Å². The quantitative estimate of drug-likeness (QED) is 0.856. The van der Waals surface area contributed by atoms with Crippen LogP contribution >= 0.6 is 0 Å². The molecule has 0 saturated carbocycles. The Balaban J connectivity index is 1.69. The zero-order valence-corrected chi connectivity index (χ0v) is 14.7. The largest absolute Gasteiger partial charge is 0.441 e. The predicted octanol–water partition coefficient (Wildman–Crippen LogP) is 2.87. The molecule has 2 aliphatic rings. The van der Waals surface area contributed by atoms with E-state index in [1.165, 1.54) is 0 Å². The van der Waals surface area contributed by atoms with Crippen molar-refractivity contribution < 1.29 is 14.3 Å². The Kier molecular flexibility index (Phi) is 4.52. The second-order valence-corrected chi connectivity index (χ2v) is 7.36. The number of likely N-dealkylation sites (N-methyl/N-ethyl adjacent to an activating group) is 1. The molecule has 24 heavy (non-hydrogen) atoms. The van der Waals surface area contributed by atoms with Crippen molar-refractivity contribution in [3.63, 3.8) is 0 Å². The molecule has 0 N–H and O–H groups in total. The molecule has 2 amide bonds. The van der Waals surface area contributed by atoms with Gasteiger partial charge in [-0.3, -0.25) is 4.79 Å². The molecule has 2 fully saturated rings. The molecule has 2 saturated heterocycles. The molecule has 1 aromatic rings. The Hall–Kier alpha value is -2.04. The number of rotatable bonds is 3. The zero-order valence-electron chi connectivity index (χ0n) is 14.7. The van der Waals surface area contributed by atoms with Gasteiger partial charge in [0.25, 0.3) is 0 Å². The molecule has 5 heteroatoms. The number of ether oxygens (including phenoxy) is 1. The predicted molar refractivity (Wildman–Crippen MR) is 91.7 cm³/mol. The molecular formula is C19H26N2O3. The van der Waals surface area contributed by atoms with Gasteiger partial charge in [0.15, 0.2) is 0 Å². The summed E-state index contributed by atoms with van der Waals surface area (Å²) in [6, 6.07) is 10.00. The normalized spacial score (nSPS) is 21.2. The van der Waals surface area contributed by atoms with Crippen LogP contribution in [-0.4, -0.2) is 54.1 Å². The minimum Gasteiger partial charge on any atom is -0.441 e. The third kappa shape index (κ3) is 3.12. The van der Waals surface area contributed by atoms with Crippen molar-refractivity contribution in [2.24, 2.45) is 5.92 Å². The monoisotopic (exact) mass is 330 g/mol. The van der Waals surface area contributed by atoms with Crippen molar-refractivity contribution >= 4 is 12.0 Å². The molecule has 0 aliphatic carbocycles. The number of benzene rings is 1. The van der Waals surface area contributed by atoms with Gasteiger partial charge in [0.05, 0.1) is 12.5 Å². The van der Waals surface area contributed by atoms with Crippen molar-refractivity contribution in [2.45, 2.75) is 38.2 Å². The van der Waals surface area contributed by atoms with Crippen LogP contribution in [0.5, 0.6) is 0 Å². The summed E-state index contributed by atoms with van der Waals surface area (Å²) in [4.78, 5) is 28.3. The summed E-state index contributed by atoms with van der Waals surface area (Å²) in [6.45, 7) is 6.11. The fraction of sp³-hybridized carbons (Fsp3) is 0.579. The molecule has 0 bridgehead atoms. The van der Waals surface area contributed by atoms with Crippen LogP contribution in [0, 0.1) is 5.92 Å². The van der Waals surface area contributed by atoms with Crippen LogP contribution in [0.25, 0.3) is 0 Å². The topological polar surface area (TPSA) is 49.9 Å². The van der Waals surface area contributed by atoms with Gasteiger partial charge in [-0.05, 0) is 11.5 Å². The first-order valence-corrected chi connectivity index (χ1v) is 8.70. The maximum absolute atomic E-state index is 13.1. The van der Waals surface area contributed by atoms with Crippen molar-refractivity contribution in [3.05, 3.63) is 35.9 Å². The van der Waals surface area contributed by atoms with Crippen LogP contribution < -0.4 is 0 Å². The second kappa shape index (κ2) is 6.46. The highest BCUT2D eigenvalue weighted by Gasteiger charge is 2.46. The summed E-state index contributed by atoms with van der Waals surface area (Å²) >= 11 is 0. The Morgan fingerprint density at radius 2 is 1.79 bits per heavy atom. The maximum atomic E-state index is 13.1. The zero-order chi connectivity index (χ0) is 17.3. The molecule has 5 nitrogen and oxygen atoms in total. The van der Waals surface area contributed by atoms with Crippen LogP contribution in [0.2, 0.25) is 0 Å². The number of carbonyl (C=O) groups excluding carboxylic acids is 2. The van der Waals surface area contributed by atoms with Crippen LogP contribution in [0.1, 0.15) is 38.2 Å². The van der Waals surface area contributed by atoms with E-state index in [1.54, 1.807) is 11.9 Å². The summed E-state index contributed by atoms with van der Waals surface area (Å²) in [5.41, 5.74) is 0.674. The molecule has 0 unspecified atom stereocenters. The third-order valence-corrected chi connectivity index (χ3v) is 5.22. The Morgan fingerprint density at radius 1 is 1.17 bits per heavy atom. The molecule has 3 rings (SSSR count). The lowest BCUT2D eigenvalue weighted by molar-refractivity contribution is -0.137. The van der Waals surface area contributed by atoms with E-state index in [-0.39, 0.29) is 23.8 Å². The van der Waals surface area contributed by atoms with Crippen LogP contribution in [0.4, 0.5) is 4.79 Å². The number of hydrogen-bond donors (Lipinski definition) is 0. The first-order valence-electron chi connectivity index (χ1n) is 8.70. The number of amides is 2. The molecule has 1 aromatic carbocycles. The molecule has 2 heterocycles. The van der Waals surface area contributed by atoms with E-state index < -0.39 is 5.60 Å². The fourth-order valence-corrected chi connectivity index (χ4v) is 3.86. The van der Waals surface area contributed by atoms with E-state index >= 15 is 0 Å². The van der Waals surface area contributed by atoms with Gasteiger partial charge in [0, 0.05) is 33.0 Å². The first kappa shape index (κ1) is 16.8. The molecule has 1 atom stereocenters. The van der Waals surface area contributed by atoms with Crippen LogP contribution in [0.3, 0.4) is 0 Å². The van der Waals surface area contributed by atoms with Gasteiger partial charge in [0.1, 0.15) is 5.60 Å². The van der Waals surface area contributed by atoms with Gasteiger partial charge in [-0.2, -0.15) is 0 Å². The number of carbonyl (C=O) groups is 2. The molecule has 130 valence electrons. The van der Waals surface area contributed by atoms with E-state index in [1.807, 2.05) is 35.2 Å². The maximum Gasteiger partial charge on any atom is 0.410 e. The molecule has 2 aliphatic heterocycles.